The fourth-order valence-corrected chi connectivity index (χ4v) is 9.62. The molecule has 0 spiro atoms. The maximum absolute atomic E-state index is 14.5. The third kappa shape index (κ3) is 18.1. The van der Waals surface area contributed by atoms with Crippen LogP contribution in [0.2, 0.25) is 0 Å². The third-order valence-corrected chi connectivity index (χ3v) is 14.6. The summed E-state index contributed by atoms with van der Waals surface area (Å²) in [6.07, 6.45) is -0.159. The Kier molecular flexibility index (Phi) is 24.4. The number of likely N-dealkylation sites (N-methyl/N-ethyl adjacent to an activating group) is 4. The molecule has 3 aromatic carbocycles. The van der Waals surface area contributed by atoms with Crippen LogP contribution in [0.4, 0.5) is 4.79 Å². The van der Waals surface area contributed by atoms with E-state index in [4.69, 9.17) is 4.74 Å². The molecule has 0 aromatic heterocycles. The topological polar surface area (TPSA) is 273 Å². The molecule has 0 radical (unpaired) electrons. The van der Waals surface area contributed by atoms with Gasteiger partial charge in [-0.15, -0.1) is 0 Å². The van der Waals surface area contributed by atoms with Gasteiger partial charge in [-0.25, -0.2) is 4.79 Å². The van der Waals surface area contributed by atoms with E-state index in [0.717, 1.165) is 27.2 Å². The van der Waals surface area contributed by atoms with Gasteiger partial charge in [0.05, 0.1) is 6.54 Å². The predicted molar refractivity (Wildman–Crippen MR) is 306 cm³/mol. The molecule has 0 saturated heterocycles. The van der Waals surface area contributed by atoms with Crippen molar-refractivity contribution in [2.24, 2.45) is 17.8 Å². The van der Waals surface area contributed by atoms with Gasteiger partial charge >= 0.3 is 12.1 Å². The highest BCUT2D eigenvalue weighted by Gasteiger charge is 2.38. The molecule has 81 heavy (non-hydrogen) atoms. The van der Waals surface area contributed by atoms with E-state index in [1.54, 1.807) is 30.3 Å². The van der Waals surface area contributed by atoms with Gasteiger partial charge in [-0.2, -0.15) is 0 Å². The Hall–Kier alpha value is -7.84. The van der Waals surface area contributed by atoms with Crippen molar-refractivity contribution in [1.82, 2.24) is 46.2 Å². The Balaban J connectivity index is 1.44. The van der Waals surface area contributed by atoms with E-state index in [0.29, 0.717) is 5.56 Å². The highest BCUT2D eigenvalue weighted by molar-refractivity contribution is 5.97. The molecule has 6 N–H and O–H groups in total. The summed E-state index contributed by atoms with van der Waals surface area (Å²) in [4.78, 5) is 141. The van der Waals surface area contributed by atoms with Gasteiger partial charge < -0.3 is 51.1 Å². The van der Waals surface area contributed by atoms with E-state index in [1.165, 1.54) is 70.6 Å². The number of hydrogen-bond donors (Lipinski definition) is 6. The minimum Gasteiger partial charge on any atom is -0.480 e. The molecular weight excluding hydrogens is 1040 g/mol. The highest BCUT2D eigenvalue weighted by Crippen LogP contribution is 2.44. The number of amides is 9. The number of carboxylic acids is 1. The lowest BCUT2D eigenvalue weighted by atomic mass is 9.98. The number of ether oxygens (including phenoxy) is 1. The highest BCUT2D eigenvalue weighted by atomic mass is 16.6. The van der Waals surface area contributed by atoms with Crippen LogP contribution in [0.1, 0.15) is 111 Å². The van der Waals surface area contributed by atoms with Crippen molar-refractivity contribution in [3.05, 3.63) is 95.6 Å². The van der Waals surface area contributed by atoms with Crippen molar-refractivity contribution < 1.29 is 57.8 Å². The van der Waals surface area contributed by atoms with Gasteiger partial charge in [0.2, 0.25) is 47.3 Å². The van der Waals surface area contributed by atoms with Crippen molar-refractivity contribution in [3.8, 4) is 11.1 Å². The van der Waals surface area contributed by atoms with Crippen LogP contribution in [0.25, 0.3) is 11.1 Å². The summed E-state index contributed by atoms with van der Waals surface area (Å²) in [5, 5.41) is 22.2. The van der Waals surface area contributed by atoms with Crippen LogP contribution in [0.3, 0.4) is 0 Å². The summed E-state index contributed by atoms with van der Waals surface area (Å²) in [6, 6.07) is 15.6. The average Bonchev–Trinajstić information content (AvgIpc) is 3.91. The predicted octanol–water partition coefficient (Wildman–Crippen LogP) is 4.32. The molecule has 1 aliphatic carbocycles. The molecule has 1 aliphatic rings. The van der Waals surface area contributed by atoms with E-state index in [2.05, 4.69) is 26.6 Å². The van der Waals surface area contributed by atoms with Crippen molar-refractivity contribution in [3.63, 3.8) is 0 Å². The Morgan fingerprint density at radius 1 is 0.494 bits per heavy atom. The first-order valence-electron chi connectivity index (χ1n) is 27.7. The second kappa shape index (κ2) is 30.1. The number of carbonyl (C=O) groups is 10. The quantitative estimate of drug-likeness (QED) is 0.0594. The molecule has 0 fully saturated rings. The van der Waals surface area contributed by atoms with E-state index >= 15 is 0 Å². The zero-order valence-corrected chi connectivity index (χ0v) is 49.4. The summed E-state index contributed by atoms with van der Waals surface area (Å²) in [7, 11) is 5.69. The van der Waals surface area contributed by atoms with Crippen LogP contribution in [-0.4, -0.2) is 174 Å². The maximum Gasteiger partial charge on any atom is 0.410 e. The number of fused-ring (bicyclic) bond motifs is 3. The molecule has 0 heterocycles. The number of aliphatic carboxylic acids is 1. The minimum absolute atomic E-state index is 0.00864. The van der Waals surface area contributed by atoms with Gasteiger partial charge in [-0.1, -0.05) is 120 Å². The molecular formula is C60H85N9O12. The molecule has 21 heteroatoms. The van der Waals surface area contributed by atoms with E-state index in [-0.39, 0.29) is 56.0 Å². The molecule has 0 aliphatic heterocycles. The average molecular weight is 1120 g/mol. The summed E-state index contributed by atoms with van der Waals surface area (Å²) in [6.45, 7) is 16.3. The van der Waals surface area contributed by atoms with Crippen LogP contribution in [0.5, 0.6) is 0 Å². The van der Waals surface area contributed by atoms with Crippen molar-refractivity contribution in [2.45, 2.75) is 149 Å². The SMILES string of the molecule is CC(C)CC(NC(=O)C(C)N(C)C(=O)OCC1c2ccccc2-c2ccccc21)C(=O)N(C)C(CC(C)C)C(=O)NC(C)C(=O)N(C)C(Cc1ccccc1)C(=O)NCC(=O)N(C)C(CC(C)C)C(=O)NC(C)C(=O)NC(C)C(=O)O. The first-order valence-corrected chi connectivity index (χ1v) is 27.7. The van der Waals surface area contributed by atoms with Gasteiger partial charge in [0.15, 0.2) is 0 Å². The fourth-order valence-electron chi connectivity index (χ4n) is 9.62. The first-order chi connectivity index (χ1) is 38.0. The van der Waals surface area contributed by atoms with E-state index in [9.17, 15) is 53.1 Å². The lowest BCUT2D eigenvalue weighted by molar-refractivity contribution is -0.145. The number of benzene rings is 3. The Bertz CT molecular complexity index is 2670. The fraction of sp³-hybridized carbons (Fsp3) is 0.533. The van der Waals surface area contributed by atoms with Gasteiger partial charge in [0.25, 0.3) is 0 Å². The molecule has 4 rings (SSSR count). The van der Waals surface area contributed by atoms with Crippen LogP contribution in [0, 0.1) is 17.8 Å². The van der Waals surface area contributed by atoms with Crippen LogP contribution in [0.15, 0.2) is 78.9 Å². The van der Waals surface area contributed by atoms with E-state index in [1.807, 2.05) is 90.1 Å². The van der Waals surface area contributed by atoms with Crippen molar-refractivity contribution >= 4 is 59.3 Å². The van der Waals surface area contributed by atoms with Gasteiger partial charge in [0, 0.05) is 40.5 Å². The van der Waals surface area contributed by atoms with Crippen molar-refractivity contribution in [2.75, 3.05) is 41.3 Å². The maximum atomic E-state index is 14.5. The minimum atomic E-state index is -1.26. The Labute approximate surface area is 476 Å². The molecule has 442 valence electrons. The number of rotatable bonds is 28. The van der Waals surface area contributed by atoms with Crippen LogP contribution >= 0.6 is 0 Å². The lowest BCUT2D eigenvalue weighted by Crippen LogP contribution is -2.59. The van der Waals surface area contributed by atoms with Gasteiger partial charge in [-0.3, -0.25) is 48.1 Å². The summed E-state index contributed by atoms with van der Waals surface area (Å²) in [5.74, 6) is -7.03. The zero-order chi connectivity index (χ0) is 60.6. The number of hydrogen-bond acceptors (Lipinski definition) is 11. The Morgan fingerprint density at radius 2 is 0.963 bits per heavy atom. The van der Waals surface area contributed by atoms with Crippen LogP contribution < -0.4 is 26.6 Å². The third-order valence-electron chi connectivity index (χ3n) is 14.6. The lowest BCUT2D eigenvalue weighted by Gasteiger charge is -2.34. The molecule has 0 bridgehead atoms. The van der Waals surface area contributed by atoms with Gasteiger partial charge in [-0.05, 0) is 92.5 Å². The smallest absolute Gasteiger partial charge is 0.410 e. The number of nitrogens with zero attached hydrogens (tertiary/aromatic N) is 4. The molecule has 3 aromatic rings. The number of carboxylic acid groups (broad SMARTS) is 1. The summed E-state index contributed by atoms with van der Waals surface area (Å²) in [5.41, 5.74) is 4.90. The molecule has 8 atom stereocenters. The molecule has 0 saturated carbocycles. The second-order valence-corrected chi connectivity index (χ2v) is 22.4. The number of carbonyl (C=O) groups excluding carboxylic acids is 9. The normalized spacial score (nSPS) is 14.8. The molecule has 8 unspecified atom stereocenters. The summed E-state index contributed by atoms with van der Waals surface area (Å²) >= 11 is 0. The van der Waals surface area contributed by atoms with Crippen LogP contribution in [-0.2, 0) is 54.3 Å². The molecule has 21 nitrogen and oxygen atoms in total. The Morgan fingerprint density at radius 3 is 1.48 bits per heavy atom. The van der Waals surface area contributed by atoms with Gasteiger partial charge in [0.1, 0.15) is 54.9 Å². The second-order valence-electron chi connectivity index (χ2n) is 22.4. The van der Waals surface area contributed by atoms with E-state index < -0.39 is 114 Å². The molecule has 9 amide bonds. The monoisotopic (exact) mass is 1120 g/mol. The zero-order valence-electron chi connectivity index (χ0n) is 49.4. The largest absolute Gasteiger partial charge is 0.480 e. The number of nitrogens with one attached hydrogen (secondary N) is 5. The summed E-state index contributed by atoms with van der Waals surface area (Å²) < 4.78 is 5.81. The van der Waals surface area contributed by atoms with Crippen molar-refractivity contribution in [1.29, 1.82) is 0 Å². The first kappa shape index (κ1) is 65.7. The standard InChI is InChI=1S/C60H85N9O12/c1-34(2)28-47(65-53(72)40(10)66(11)60(80)81-33-46-44-26-20-18-24-42(44)43-25-19-21-27-45(43)46)58(77)69(14)49(30-36(5)6)56(75)63-38(8)57(76)68(13)50(31-41-22-16-15-17-23-41)54(73)61-32-51(70)67(12)48(29-35(3)4)55(74)62-37(7)52(71)64-39(9)59(78)79/h15-27,34-40,46-50H,28-33H2,1-14H3,(H,61,73)(H,62,74)(H,63,75)(H,64,71)(H,65,72)(H,78,79).